The average molecular weight is 238 g/mol. The summed E-state index contributed by atoms with van der Waals surface area (Å²) in [6.45, 7) is 0. The number of hydrogen-bond donors (Lipinski definition) is 0. The summed E-state index contributed by atoms with van der Waals surface area (Å²) in [5, 5.41) is 19.1. The van der Waals surface area contributed by atoms with Crippen molar-refractivity contribution in [3.05, 3.63) is 41.7 Å². The second-order valence-electron chi connectivity index (χ2n) is 3.12. The molecule has 0 amide bonds. The summed E-state index contributed by atoms with van der Waals surface area (Å²) in [5.41, 5.74) is 0.205. The first-order valence-electron chi connectivity index (χ1n) is 4.49. The van der Waals surface area contributed by atoms with E-state index in [1.807, 2.05) is 6.07 Å². The first kappa shape index (κ1) is 14.0. The molecule has 0 fully saturated rings. The van der Waals surface area contributed by atoms with Crippen molar-refractivity contribution in [2.45, 2.75) is 0 Å². The van der Waals surface area contributed by atoms with Crippen LogP contribution in [0.25, 0.3) is 11.3 Å². The molecule has 0 spiro atoms. The smallest absolute Gasteiger partial charge is 0.540 e. The van der Waals surface area contributed by atoms with Gasteiger partial charge in [0.25, 0.3) is 0 Å². The van der Waals surface area contributed by atoms with Crippen LogP contribution >= 0.6 is 0 Å². The Morgan fingerprint density at radius 3 is 2.78 bits per heavy atom. The van der Waals surface area contributed by atoms with E-state index in [4.69, 9.17) is 9.68 Å². The maximum atomic E-state index is 13.4. The van der Waals surface area contributed by atoms with E-state index >= 15 is 0 Å². The normalized spacial score (nSPS) is 9.33. The van der Waals surface area contributed by atoms with Gasteiger partial charge in [-0.05, 0) is 18.2 Å². The third-order valence-electron chi connectivity index (χ3n) is 2.04. The van der Waals surface area contributed by atoms with Crippen LogP contribution in [0.3, 0.4) is 0 Å². The number of rotatable bonds is 2. The SMILES string of the molecule is N#Cc1ccc(F)c(-c2cnc(C(=O)[O-])o2)c1.[Li+]. The van der Waals surface area contributed by atoms with Crippen LogP contribution in [0.15, 0.2) is 28.8 Å². The minimum atomic E-state index is -1.59. The fourth-order valence-corrected chi connectivity index (χ4v) is 1.28. The first-order valence-corrected chi connectivity index (χ1v) is 4.49. The van der Waals surface area contributed by atoms with E-state index in [-0.39, 0.29) is 35.7 Å². The molecule has 0 unspecified atom stereocenters. The molecule has 1 aromatic carbocycles. The summed E-state index contributed by atoms with van der Waals surface area (Å²) in [4.78, 5) is 13.9. The van der Waals surface area contributed by atoms with Gasteiger partial charge in [-0.25, -0.2) is 9.37 Å². The Labute approximate surface area is 113 Å². The minimum absolute atomic E-state index is 0. The predicted octanol–water partition coefficient (Wildman–Crippen LogP) is -2.28. The molecule has 0 aliphatic heterocycles. The monoisotopic (exact) mass is 238 g/mol. The van der Waals surface area contributed by atoms with Gasteiger partial charge in [0.05, 0.1) is 23.4 Å². The molecule has 7 heteroatoms. The number of nitriles is 1. The summed E-state index contributed by atoms with van der Waals surface area (Å²) in [6, 6.07) is 5.47. The molecule has 1 heterocycles. The van der Waals surface area contributed by atoms with Crippen LogP contribution < -0.4 is 24.0 Å². The van der Waals surface area contributed by atoms with Crippen LogP contribution in [0, 0.1) is 17.1 Å². The zero-order valence-corrected chi connectivity index (χ0v) is 9.31. The van der Waals surface area contributed by atoms with Crippen LogP contribution in [-0.4, -0.2) is 11.0 Å². The van der Waals surface area contributed by atoms with Crippen molar-refractivity contribution in [1.82, 2.24) is 4.98 Å². The van der Waals surface area contributed by atoms with Gasteiger partial charge in [-0.15, -0.1) is 0 Å². The molecule has 0 radical (unpaired) electrons. The summed E-state index contributed by atoms with van der Waals surface area (Å²) >= 11 is 0. The molecule has 0 aliphatic rings. The number of carbonyl (C=O) groups is 1. The Kier molecular flexibility index (Phi) is 4.27. The van der Waals surface area contributed by atoms with Crippen molar-refractivity contribution in [1.29, 1.82) is 5.26 Å². The van der Waals surface area contributed by atoms with E-state index in [2.05, 4.69) is 4.98 Å². The van der Waals surface area contributed by atoms with Crippen molar-refractivity contribution in [2.24, 2.45) is 0 Å². The van der Waals surface area contributed by atoms with Gasteiger partial charge in [0, 0.05) is 0 Å². The third kappa shape index (κ3) is 2.59. The molecule has 0 N–H and O–H groups in total. The molecular formula is C11H4FLiN2O3. The molecule has 84 valence electrons. The number of carbonyl (C=O) groups excluding carboxylic acids is 1. The van der Waals surface area contributed by atoms with E-state index in [0.717, 1.165) is 12.3 Å². The largest absolute Gasteiger partial charge is 1.00 e. The van der Waals surface area contributed by atoms with Gasteiger partial charge >= 0.3 is 18.9 Å². The number of aromatic nitrogens is 1. The van der Waals surface area contributed by atoms with Crippen LogP contribution in [0.1, 0.15) is 16.2 Å². The number of carboxylic acid groups (broad SMARTS) is 1. The van der Waals surface area contributed by atoms with Crippen LogP contribution in [0.5, 0.6) is 0 Å². The first-order chi connectivity index (χ1) is 8.11. The zero-order chi connectivity index (χ0) is 12.4. The maximum absolute atomic E-state index is 13.4. The molecule has 0 saturated heterocycles. The number of halogens is 1. The molecular weight excluding hydrogens is 234 g/mol. The molecule has 0 atom stereocenters. The molecule has 0 aliphatic carbocycles. The third-order valence-corrected chi connectivity index (χ3v) is 2.04. The Morgan fingerprint density at radius 1 is 1.50 bits per heavy atom. The number of nitrogens with zero attached hydrogens (tertiary/aromatic N) is 2. The second-order valence-corrected chi connectivity index (χ2v) is 3.12. The predicted molar refractivity (Wildman–Crippen MR) is 50.9 cm³/mol. The van der Waals surface area contributed by atoms with E-state index in [9.17, 15) is 14.3 Å². The summed E-state index contributed by atoms with van der Waals surface area (Å²) in [5.74, 6) is -2.93. The van der Waals surface area contributed by atoms with Crippen molar-refractivity contribution in [2.75, 3.05) is 0 Å². The molecule has 2 rings (SSSR count). The molecule has 2 aromatic rings. The van der Waals surface area contributed by atoms with Crippen molar-refractivity contribution < 1.29 is 37.6 Å². The van der Waals surface area contributed by atoms with Crippen molar-refractivity contribution in [3.8, 4) is 17.4 Å². The molecule has 5 nitrogen and oxygen atoms in total. The standard InChI is InChI=1S/C11H5FN2O3.Li/c12-8-2-1-6(4-13)3-7(8)9-5-14-10(17-9)11(15)16;/h1-3,5H,(H,15,16);/q;+1/p-1. The van der Waals surface area contributed by atoms with Gasteiger partial charge < -0.3 is 14.3 Å². The van der Waals surface area contributed by atoms with E-state index in [0.29, 0.717) is 0 Å². The maximum Gasteiger partial charge on any atom is 1.00 e. The molecule has 0 bridgehead atoms. The van der Waals surface area contributed by atoms with Gasteiger partial charge in [0.15, 0.2) is 5.76 Å². The number of oxazole rings is 1. The quantitative estimate of drug-likeness (QED) is 0.550. The van der Waals surface area contributed by atoms with E-state index in [1.165, 1.54) is 12.1 Å². The van der Waals surface area contributed by atoms with Crippen molar-refractivity contribution >= 4 is 5.97 Å². The summed E-state index contributed by atoms with van der Waals surface area (Å²) in [6.07, 6.45) is 1.06. The van der Waals surface area contributed by atoms with Crippen LogP contribution in [-0.2, 0) is 0 Å². The van der Waals surface area contributed by atoms with Gasteiger partial charge in [-0.2, -0.15) is 5.26 Å². The number of carboxylic acids is 1. The van der Waals surface area contributed by atoms with Gasteiger partial charge in [0.2, 0.25) is 5.89 Å². The number of aromatic carboxylic acids is 1. The fraction of sp³-hybridized carbons (Fsp3) is 0. The molecule has 1 aromatic heterocycles. The Balaban J connectivity index is 0.00000162. The topological polar surface area (TPSA) is 90.0 Å². The number of hydrogen-bond acceptors (Lipinski definition) is 5. The van der Waals surface area contributed by atoms with Gasteiger partial charge in [0.1, 0.15) is 11.8 Å². The summed E-state index contributed by atoms with van der Waals surface area (Å²) in [7, 11) is 0. The number of benzene rings is 1. The second kappa shape index (κ2) is 5.50. The zero-order valence-electron chi connectivity index (χ0n) is 9.31. The average Bonchev–Trinajstić information content (AvgIpc) is 2.79. The van der Waals surface area contributed by atoms with Crippen molar-refractivity contribution in [3.63, 3.8) is 0 Å². The Hall–Kier alpha value is -2.08. The fourth-order valence-electron chi connectivity index (χ4n) is 1.28. The Morgan fingerprint density at radius 2 is 2.22 bits per heavy atom. The van der Waals surface area contributed by atoms with E-state index < -0.39 is 17.7 Å². The summed E-state index contributed by atoms with van der Waals surface area (Å²) < 4.78 is 18.2. The minimum Gasteiger partial charge on any atom is -0.540 e. The molecule has 18 heavy (non-hydrogen) atoms. The van der Waals surface area contributed by atoms with Gasteiger partial charge in [-0.1, -0.05) is 0 Å². The van der Waals surface area contributed by atoms with Crippen LogP contribution in [0.4, 0.5) is 4.39 Å². The van der Waals surface area contributed by atoms with Crippen LogP contribution in [0.2, 0.25) is 0 Å². The Bertz CT molecular complexity index is 633. The van der Waals surface area contributed by atoms with Gasteiger partial charge in [-0.3, -0.25) is 0 Å². The van der Waals surface area contributed by atoms with E-state index in [1.54, 1.807) is 0 Å². The molecule has 0 saturated carbocycles.